The largest absolute Gasteiger partial charge is 0.356 e. The Morgan fingerprint density at radius 1 is 1.26 bits per heavy atom. The van der Waals surface area contributed by atoms with Gasteiger partial charge in [-0.25, -0.2) is 4.98 Å². The third-order valence-electron chi connectivity index (χ3n) is 6.75. The van der Waals surface area contributed by atoms with Gasteiger partial charge in [-0.3, -0.25) is 14.6 Å². The molecule has 1 aromatic carbocycles. The molecule has 4 rings (SSSR count). The maximum atomic E-state index is 12.8. The van der Waals surface area contributed by atoms with E-state index < -0.39 is 0 Å². The highest BCUT2D eigenvalue weighted by Gasteiger charge is 2.26. The molecule has 1 aliphatic heterocycles. The first-order valence-electron chi connectivity index (χ1n) is 12.3. The van der Waals surface area contributed by atoms with Gasteiger partial charge in [0.1, 0.15) is 4.70 Å². The van der Waals surface area contributed by atoms with Gasteiger partial charge in [0.25, 0.3) is 5.56 Å². The van der Waals surface area contributed by atoms with Gasteiger partial charge in [-0.1, -0.05) is 43.7 Å². The summed E-state index contributed by atoms with van der Waals surface area (Å²) in [7, 11) is 0. The summed E-state index contributed by atoms with van der Waals surface area (Å²) < 4.78 is 0.652. The van der Waals surface area contributed by atoms with E-state index in [1.807, 2.05) is 11.4 Å². The second-order valence-corrected chi connectivity index (χ2v) is 9.90. The molecule has 0 saturated carbocycles. The molecule has 1 amide bonds. The molecule has 0 atom stereocenters. The number of aryl methyl sites for hydroxylation is 1. The molecule has 0 radical (unpaired) electrons. The lowest BCUT2D eigenvalue weighted by molar-refractivity contribution is -0.125. The second kappa shape index (κ2) is 11.1. The minimum Gasteiger partial charge on any atom is -0.356 e. The number of piperidine rings is 1. The number of carbonyl (C=O) groups is 1. The van der Waals surface area contributed by atoms with E-state index in [9.17, 15) is 9.59 Å². The van der Waals surface area contributed by atoms with Gasteiger partial charge in [0.15, 0.2) is 0 Å². The lowest BCUT2D eigenvalue weighted by atomic mass is 9.96. The number of nitrogens with one attached hydrogen (secondary N) is 2. The summed E-state index contributed by atoms with van der Waals surface area (Å²) in [5.74, 6) is 0.766. The number of anilines is 1. The Kier molecular flexibility index (Phi) is 8.00. The van der Waals surface area contributed by atoms with E-state index in [1.165, 1.54) is 16.9 Å². The number of hydrogen-bond donors (Lipinski definition) is 2. The lowest BCUT2D eigenvalue weighted by Gasteiger charge is -2.31. The first-order chi connectivity index (χ1) is 16.5. The molecule has 0 spiro atoms. The molecule has 182 valence electrons. The summed E-state index contributed by atoms with van der Waals surface area (Å²) in [5, 5.41) is 5.13. The smallest absolute Gasteiger partial charge is 0.270 e. The van der Waals surface area contributed by atoms with Gasteiger partial charge in [-0.05, 0) is 51.4 Å². The molecule has 3 heterocycles. The van der Waals surface area contributed by atoms with Crippen LogP contribution in [-0.2, 0) is 4.79 Å². The molecule has 2 aromatic heterocycles. The van der Waals surface area contributed by atoms with E-state index in [-0.39, 0.29) is 17.4 Å². The Bertz CT molecular complexity index is 1180. The molecule has 0 unspecified atom stereocenters. The highest BCUT2D eigenvalue weighted by Crippen LogP contribution is 2.32. The third-order valence-corrected chi connectivity index (χ3v) is 7.72. The Hall–Kier alpha value is -2.71. The van der Waals surface area contributed by atoms with Gasteiger partial charge in [-0.15, -0.1) is 11.3 Å². The molecular formula is C26H35N5O2S. The van der Waals surface area contributed by atoms with Crippen molar-refractivity contribution in [2.45, 2.75) is 40.0 Å². The van der Waals surface area contributed by atoms with Crippen LogP contribution >= 0.6 is 11.3 Å². The van der Waals surface area contributed by atoms with E-state index in [0.29, 0.717) is 23.7 Å². The van der Waals surface area contributed by atoms with Crippen molar-refractivity contribution in [3.63, 3.8) is 0 Å². The summed E-state index contributed by atoms with van der Waals surface area (Å²) in [5.41, 5.74) is 3.90. The summed E-state index contributed by atoms with van der Waals surface area (Å²) in [6.07, 6.45) is 2.50. The first kappa shape index (κ1) is 24.4. The molecule has 0 bridgehead atoms. The Labute approximate surface area is 205 Å². The number of aromatic amines is 1. The third kappa shape index (κ3) is 5.50. The van der Waals surface area contributed by atoms with Crippen molar-refractivity contribution < 1.29 is 4.79 Å². The van der Waals surface area contributed by atoms with Crippen LogP contribution < -0.4 is 15.8 Å². The van der Waals surface area contributed by atoms with Crippen LogP contribution in [0.25, 0.3) is 21.3 Å². The van der Waals surface area contributed by atoms with Crippen molar-refractivity contribution in [1.82, 2.24) is 20.2 Å². The van der Waals surface area contributed by atoms with E-state index in [2.05, 4.69) is 59.1 Å². The standard InChI is InChI=1S/C26H35N5O2S/c1-4-30(5-2)13-7-12-27-24(32)19-10-14-31(15-11-19)26-28-22-21(17-34-23(22)25(33)29-26)20-9-6-8-18(3)16-20/h6,8-9,16-17,19H,4-5,7,10-15H2,1-3H3,(H,27,32)(H,28,29,33). The molecule has 7 nitrogen and oxygen atoms in total. The summed E-state index contributed by atoms with van der Waals surface area (Å²) in [6, 6.07) is 8.27. The van der Waals surface area contributed by atoms with Crippen LogP contribution in [-0.4, -0.2) is 60.0 Å². The monoisotopic (exact) mass is 481 g/mol. The molecule has 34 heavy (non-hydrogen) atoms. The summed E-state index contributed by atoms with van der Waals surface area (Å²) in [4.78, 5) is 37.7. The van der Waals surface area contributed by atoms with Crippen molar-refractivity contribution in [2.75, 3.05) is 44.2 Å². The van der Waals surface area contributed by atoms with Crippen LogP contribution in [0.5, 0.6) is 0 Å². The zero-order chi connectivity index (χ0) is 24.1. The van der Waals surface area contributed by atoms with Gasteiger partial charge >= 0.3 is 0 Å². The number of rotatable bonds is 9. The predicted molar refractivity (Wildman–Crippen MR) is 141 cm³/mol. The molecule has 2 N–H and O–H groups in total. The number of H-pyrrole nitrogens is 1. The van der Waals surface area contributed by atoms with Gasteiger partial charge in [0, 0.05) is 36.5 Å². The Morgan fingerprint density at radius 3 is 2.74 bits per heavy atom. The van der Waals surface area contributed by atoms with Crippen molar-refractivity contribution in [3.8, 4) is 11.1 Å². The van der Waals surface area contributed by atoms with Crippen molar-refractivity contribution >= 4 is 33.4 Å². The molecule has 0 aliphatic carbocycles. The molecular weight excluding hydrogens is 446 g/mol. The normalized spacial score (nSPS) is 14.8. The Morgan fingerprint density at radius 2 is 2.03 bits per heavy atom. The van der Waals surface area contributed by atoms with Gasteiger partial charge in [-0.2, -0.15) is 0 Å². The van der Waals surface area contributed by atoms with E-state index in [4.69, 9.17) is 4.98 Å². The van der Waals surface area contributed by atoms with Crippen LogP contribution in [0, 0.1) is 12.8 Å². The molecule has 3 aromatic rings. The average Bonchev–Trinajstić information content (AvgIpc) is 3.29. The minimum atomic E-state index is -0.100. The number of benzene rings is 1. The average molecular weight is 482 g/mol. The quantitative estimate of drug-likeness (QED) is 0.451. The summed E-state index contributed by atoms with van der Waals surface area (Å²) in [6.45, 7) is 11.6. The van der Waals surface area contributed by atoms with E-state index in [0.717, 1.165) is 62.1 Å². The number of fused-ring (bicyclic) bond motifs is 1. The van der Waals surface area contributed by atoms with Crippen LogP contribution in [0.2, 0.25) is 0 Å². The maximum absolute atomic E-state index is 12.8. The maximum Gasteiger partial charge on any atom is 0.270 e. The van der Waals surface area contributed by atoms with E-state index in [1.54, 1.807) is 0 Å². The highest BCUT2D eigenvalue weighted by molar-refractivity contribution is 7.17. The zero-order valence-electron chi connectivity index (χ0n) is 20.4. The molecule has 1 saturated heterocycles. The number of aromatic nitrogens is 2. The number of hydrogen-bond acceptors (Lipinski definition) is 6. The minimum absolute atomic E-state index is 0.0177. The molecule has 1 fully saturated rings. The van der Waals surface area contributed by atoms with Crippen LogP contribution in [0.15, 0.2) is 34.4 Å². The molecule has 8 heteroatoms. The van der Waals surface area contributed by atoms with Crippen molar-refractivity contribution in [2.24, 2.45) is 5.92 Å². The fraction of sp³-hybridized carbons (Fsp3) is 0.500. The number of nitrogens with zero attached hydrogens (tertiary/aromatic N) is 3. The fourth-order valence-electron chi connectivity index (χ4n) is 4.64. The number of amides is 1. The van der Waals surface area contributed by atoms with Crippen molar-refractivity contribution in [3.05, 3.63) is 45.6 Å². The van der Waals surface area contributed by atoms with Gasteiger partial charge in [0.05, 0.1) is 5.52 Å². The van der Waals surface area contributed by atoms with Crippen molar-refractivity contribution in [1.29, 1.82) is 0 Å². The second-order valence-electron chi connectivity index (χ2n) is 9.02. The van der Waals surface area contributed by atoms with Gasteiger partial charge < -0.3 is 15.1 Å². The van der Waals surface area contributed by atoms with E-state index >= 15 is 0 Å². The summed E-state index contributed by atoms with van der Waals surface area (Å²) >= 11 is 1.43. The van der Waals surface area contributed by atoms with Crippen LogP contribution in [0.1, 0.15) is 38.7 Å². The predicted octanol–water partition coefficient (Wildman–Crippen LogP) is 4.02. The highest BCUT2D eigenvalue weighted by atomic mass is 32.1. The topological polar surface area (TPSA) is 81.3 Å². The SMILES string of the molecule is CCN(CC)CCCNC(=O)C1CCN(c2nc3c(-c4cccc(C)c4)csc3c(=O)[nH]2)CC1. The van der Waals surface area contributed by atoms with Gasteiger partial charge in [0.2, 0.25) is 11.9 Å². The van der Waals surface area contributed by atoms with Crippen LogP contribution in [0.3, 0.4) is 0 Å². The number of thiophene rings is 1. The molecule has 1 aliphatic rings. The lowest BCUT2D eigenvalue weighted by Crippen LogP contribution is -2.42. The first-order valence-corrected chi connectivity index (χ1v) is 13.2. The zero-order valence-corrected chi connectivity index (χ0v) is 21.2. The Balaban J connectivity index is 1.39. The fourth-order valence-corrected chi connectivity index (χ4v) is 5.54. The number of carbonyl (C=O) groups excluding carboxylic acids is 1. The van der Waals surface area contributed by atoms with Crippen LogP contribution in [0.4, 0.5) is 5.95 Å².